The number of phenols is 1. The molecule has 0 spiro atoms. The van der Waals surface area contributed by atoms with Gasteiger partial charge in [0, 0.05) is 4.90 Å². The van der Waals surface area contributed by atoms with Gasteiger partial charge >= 0.3 is 0 Å². The van der Waals surface area contributed by atoms with Crippen LogP contribution in [0.15, 0.2) is 53.4 Å². The van der Waals surface area contributed by atoms with Gasteiger partial charge in [0.1, 0.15) is 0 Å². The van der Waals surface area contributed by atoms with Gasteiger partial charge in [0.25, 0.3) is 0 Å². The van der Waals surface area contributed by atoms with E-state index in [1.165, 1.54) is 20.3 Å². The molecular weight excluding hydrogens is 300 g/mol. The van der Waals surface area contributed by atoms with Gasteiger partial charge in [-0.1, -0.05) is 24.3 Å². The zero-order valence-corrected chi connectivity index (χ0v) is 13.1. The van der Waals surface area contributed by atoms with E-state index in [1.54, 1.807) is 18.2 Å². The van der Waals surface area contributed by atoms with Crippen molar-refractivity contribution in [2.45, 2.75) is 4.90 Å². The molecule has 0 atom stereocenters. The Morgan fingerprint density at radius 1 is 1.09 bits per heavy atom. The molecule has 0 heterocycles. The molecule has 0 aliphatic carbocycles. The van der Waals surface area contributed by atoms with Crippen LogP contribution in [0, 0.1) is 0 Å². The van der Waals surface area contributed by atoms with Crippen molar-refractivity contribution < 1.29 is 19.4 Å². The summed E-state index contributed by atoms with van der Waals surface area (Å²) in [5, 5.41) is 9.75. The van der Waals surface area contributed by atoms with E-state index >= 15 is 0 Å². The average Bonchev–Trinajstić information content (AvgIpc) is 2.54. The first-order valence-electron chi connectivity index (χ1n) is 6.54. The number of benzene rings is 2. The van der Waals surface area contributed by atoms with Gasteiger partial charge in [0.2, 0.25) is 10.9 Å². The predicted molar refractivity (Wildman–Crippen MR) is 87.6 cm³/mol. The summed E-state index contributed by atoms with van der Waals surface area (Å²) >= 11 is 1.15. The molecule has 114 valence electrons. The van der Waals surface area contributed by atoms with Crippen LogP contribution in [0.1, 0.15) is 5.56 Å². The normalized spacial score (nSPS) is 10.6. The highest BCUT2D eigenvalue weighted by Crippen LogP contribution is 2.37. The third-order valence-corrected chi connectivity index (χ3v) is 3.72. The Hall–Kier alpha value is -2.40. The zero-order valence-electron chi connectivity index (χ0n) is 12.3. The van der Waals surface area contributed by atoms with E-state index in [2.05, 4.69) is 0 Å². The Morgan fingerprint density at radius 2 is 1.68 bits per heavy atom. The van der Waals surface area contributed by atoms with Crippen LogP contribution in [0.5, 0.6) is 17.2 Å². The molecule has 2 aromatic rings. The topological polar surface area (TPSA) is 55.8 Å². The molecule has 0 aliphatic heterocycles. The van der Waals surface area contributed by atoms with E-state index in [9.17, 15) is 9.90 Å². The Labute approximate surface area is 133 Å². The number of phenolic OH excluding ortho intramolecular Hbond substituents is 1. The quantitative estimate of drug-likeness (QED) is 0.672. The second-order valence-corrected chi connectivity index (χ2v) is 5.42. The third kappa shape index (κ3) is 4.05. The monoisotopic (exact) mass is 316 g/mol. The number of carbonyl (C=O) groups excluding carboxylic acids is 1. The maximum absolute atomic E-state index is 11.9. The van der Waals surface area contributed by atoms with Crippen molar-refractivity contribution in [3.63, 3.8) is 0 Å². The first-order chi connectivity index (χ1) is 10.6. The van der Waals surface area contributed by atoms with E-state index < -0.39 is 0 Å². The van der Waals surface area contributed by atoms with Crippen molar-refractivity contribution in [2.24, 2.45) is 0 Å². The minimum atomic E-state index is -0.0859. The van der Waals surface area contributed by atoms with Gasteiger partial charge in [-0.05, 0) is 47.7 Å². The van der Waals surface area contributed by atoms with Crippen molar-refractivity contribution >= 4 is 23.0 Å². The van der Waals surface area contributed by atoms with E-state index in [4.69, 9.17) is 9.47 Å². The first kappa shape index (κ1) is 16.0. The Morgan fingerprint density at radius 3 is 2.23 bits per heavy atom. The zero-order chi connectivity index (χ0) is 15.9. The molecule has 0 saturated carbocycles. The van der Waals surface area contributed by atoms with Crippen LogP contribution in [0.25, 0.3) is 6.08 Å². The number of methoxy groups -OCH3 is 2. The lowest BCUT2D eigenvalue weighted by Crippen LogP contribution is -1.90. The van der Waals surface area contributed by atoms with Crippen LogP contribution in [0.2, 0.25) is 0 Å². The van der Waals surface area contributed by atoms with Crippen molar-refractivity contribution in [2.75, 3.05) is 14.2 Å². The standard InChI is InChI=1S/C17H16O4S/c1-20-14-10-12(11-15(21-2)17(14)19)8-9-16(18)22-13-6-4-3-5-7-13/h3-11,19H,1-2H3/b9-8+. The Balaban J connectivity index is 2.14. The van der Waals surface area contributed by atoms with Crippen LogP contribution < -0.4 is 9.47 Å². The van der Waals surface area contributed by atoms with Gasteiger partial charge in [-0.25, -0.2) is 0 Å². The molecule has 0 saturated heterocycles. The summed E-state index contributed by atoms with van der Waals surface area (Å²) < 4.78 is 10.2. The van der Waals surface area contributed by atoms with Gasteiger partial charge in [-0.15, -0.1) is 0 Å². The van der Waals surface area contributed by atoms with Crippen LogP contribution in [-0.2, 0) is 4.79 Å². The number of ether oxygens (including phenoxy) is 2. The highest BCUT2D eigenvalue weighted by atomic mass is 32.2. The van der Waals surface area contributed by atoms with Crippen LogP contribution in [-0.4, -0.2) is 24.4 Å². The smallest absolute Gasteiger partial charge is 0.216 e. The minimum absolute atomic E-state index is 0.0628. The van der Waals surface area contributed by atoms with Crippen LogP contribution in [0.4, 0.5) is 0 Å². The highest BCUT2D eigenvalue weighted by Gasteiger charge is 2.10. The first-order valence-corrected chi connectivity index (χ1v) is 7.35. The molecule has 22 heavy (non-hydrogen) atoms. The van der Waals surface area contributed by atoms with E-state index in [1.807, 2.05) is 30.3 Å². The molecule has 2 aromatic carbocycles. The van der Waals surface area contributed by atoms with Gasteiger partial charge in [0.15, 0.2) is 11.5 Å². The maximum Gasteiger partial charge on any atom is 0.216 e. The number of thioether (sulfide) groups is 1. The lowest BCUT2D eigenvalue weighted by Gasteiger charge is -2.09. The Bertz CT molecular complexity index is 655. The van der Waals surface area contributed by atoms with E-state index in [-0.39, 0.29) is 10.9 Å². The number of aromatic hydroxyl groups is 1. The number of hydrogen-bond acceptors (Lipinski definition) is 5. The molecule has 1 N–H and O–H groups in total. The largest absolute Gasteiger partial charge is 0.502 e. The summed E-state index contributed by atoms with van der Waals surface area (Å²) in [4.78, 5) is 12.8. The molecule has 4 nitrogen and oxygen atoms in total. The van der Waals surface area contributed by atoms with Crippen molar-refractivity contribution in [1.82, 2.24) is 0 Å². The summed E-state index contributed by atoms with van der Waals surface area (Å²) in [7, 11) is 2.91. The second-order valence-electron chi connectivity index (χ2n) is 4.34. The molecule has 0 aromatic heterocycles. The summed E-state index contributed by atoms with van der Waals surface area (Å²) in [5.41, 5.74) is 0.702. The van der Waals surface area contributed by atoms with Crippen molar-refractivity contribution in [1.29, 1.82) is 0 Å². The fraction of sp³-hybridized carbons (Fsp3) is 0.118. The lowest BCUT2D eigenvalue weighted by molar-refractivity contribution is -0.107. The number of carbonyl (C=O) groups is 1. The highest BCUT2D eigenvalue weighted by molar-refractivity contribution is 8.14. The molecule has 0 bridgehead atoms. The predicted octanol–water partition coefficient (Wildman–Crippen LogP) is 3.74. The van der Waals surface area contributed by atoms with Crippen molar-refractivity contribution in [3.05, 3.63) is 54.1 Å². The minimum Gasteiger partial charge on any atom is -0.502 e. The third-order valence-electron chi connectivity index (χ3n) is 2.88. The molecule has 0 unspecified atom stereocenters. The van der Waals surface area contributed by atoms with Gasteiger partial charge in [0.05, 0.1) is 14.2 Å². The number of hydrogen-bond donors (Lipinski definition) is 1. The molecule has 2 rings (SSSR count). The fourth-order valence-corrected chi connectivity index (χ4v) is 2.47. The van der Waals surface area contributed by atoms with Gasteiger partial charge in [-0.2, -0.15) is 0 Å². The summed E-state index contributed by atoms with van der Waals surface area (Å²) in [6, 6.07) is 12.7. The van der Waals surface area contributed by atoms with Crippen LogP contribution in [0.3, 0.4) is 0 Å². The van der Waals surface area contributed by atoms with Gasteiger partial charge < -0.3 is 14.6 Å². The summed E-state index contributed by atoms with van der Waals surface area (Å²) in [5.74, 6) is 0.524. The molecule has 5 heteroatoms. The van der Waals surface area contributed by atoms with E-state index in [0.29, 0.717) is 17.1 Å². The fourth-order valence-electron chi connectivity index (χ4n) is 1.81. The average molecular weight is 316 g/mol. The molecule has 0 amide bonds. The Kier molecular flexibility index (Phi) is 5.49. The second kappa shape index (κ2) is 7.56. The van der Waals surface area contributed by atoms with E-state index in [0.717, 1.165) is 16.7 Å². The molecule has 0 aliphatic rings. The van der Waals surface area contributed by atoms with Crippen molar-refractivity contribution in [3.8, 4) is 17.2 Å². The molecule has 0 radical (unpaired) electrons. The number of rotatable bonds is 5. The summed E-state index contributed by atoms with van der Waals surface area (Å²) in [6.45, 7) is 0. The SMILES string of the molecule is COc1cc(/C=C/C(=O)Sc2ccccc2)cc(OC)c1O. The molecule has 0 fully saturated rings. The lowest BCUT2D eigenvalue weighted by atomic mass is 10.1. The summed E-state index contributed by atoms with van der Waals surface area (Å²) in [6.07, 6.45) is 3.13. The van der Waals surface area contributed by atoms with Gasteiger partial charge in [-0.3, -0.25) is 4.79 Å². The maximum atomic E-state index is 11.9. The molecular formula is C17H16O4S. The van der Waals surface area contributed by atoms with Crippen LogP contribution >= 0.6 is 11.8 Å².